The zero-order valence-corrected chi connectivity index (χ0v) is 15.2. The highest BCUT2D eigenvalue weighted by Gasteiger charge is 2.32. The average molecular weight is 336 g/mol. The molecule has 0 unspecified atom stereocenters. The number of ether oxygens (including phenoxy) is 2. The van der Waals surface area contributed by atoms with Crippen LogP contribution in [0.1, 0.15) is 59.4 Å². The van der Waals surface area contributed by atoms with Crippen LogP contribution in [0.25, 0.3) is 0 Å². The first-order chi connectivity index (χ1) is 11.1. The molecule has 1 saturated carbocycles. The second kappa shape index (κ2) is 6.97. The van der Waals surface area contributed by atoms with Crippen LogP contribution < -0.4 is 10.9 Å². The Kier molecular flexibility index (Phi) is 5.38. The third-order valence-electron chi connectivity index (χ3n) is 4.51. The minimum atomic E-state index is -0.618. The third kappa shape index (κ3) is 4.60. The highest BCUT2D eigenvalue weighted by molar-refractivity contribution is 5.84. The van der Waals surface area contributed by atoms with Crippen molar-refractivity contribution in [3.63, 3.8) is 0 Å². The zero-order valence-electron chi connectivity index (χ0n) is 15.2. The van der Waals surface area contributed by atoms with Gasteiger partial charge in [0, 0.05) is 19.3 Å². The summed E-state index contributed by atoms with van der Waals surface area (Å²) in [5.41, 5.74) is -0.667. The summed E-state index contributed by atoms with van der Waals surface area (Å²) in [5.74, 6) is 0. The van der Waals surface area contributed by atoms with E-state index in [4.69, 9.17) is 9.47 Å². The molecule has 0 bridgehead atoms. The molecule has 1 fully saturated rings. The molecular formula is C18H28N2O4. The normalized spacial score (nSPS) is 24.5. The van der Waals surface area contributed by atoms with Crippen molar-refractivity contribution in [3.8, 4) is 0 Å². The number of aromatic nitrogens is 1. The van der Waals surface area contributed by atoms with E-state index < -0.39 is 11.7 Å². The Morgan fingerprint density at radius 2 is 1.96 bits per heavy atom. The van der Waals surface area contributed by atoms with Gasteiger partial charge in [-0.05, 0) is 65.5 Å². The van der Waals surface area contributed by atoms with E-state index in [1.807, 2.05) is 0 Å². The predicted octanol–water partition coefficient (Wildman–Crippen LogP) is 3.72. The molecule has 0 aliphatic heterocycles. The van der Waals surface area contributed by atoms with Crippen LogP contribution >= 0.6 is 0 Å². The highest BCUT2D eigenvalue weighted by Crippen LogP contribution is 2.36. The summed E-state index contributed by atoms with van der Waals surface area (Å²) in [6, 6.07) is 3.50. The molecule has 24 heavy (non-hydrogen) atoms. The Hall–Kier alpha value is -1.82. The fourth-order valence-corrected chi connectivity index (χ4v) is 3.00. The molecule has 0 atom stereocenters. The molecule has 0 radical (unpaired) electrons. The average Bonchev–Trinajstić information content (AvgIpc) is 2.49. The van der Waals surface area contributed by atoms with Gasteiger partial charge in [-0.1, -0.05) is 0 Å². The van der Waals surface area contributed by atoms with E-state index in [9.17, 15) is 9.59 Å². The molecule has 1 aromatic heterocycles. The van der Waals surface area contributed by atoms with Gasteiger partial charge in [0.25, 0.3) is 5.56 Å². The van der Waals surface area contributed by atoms with Crippen molar-refractivity contribution in [3.05, 3.63) is 28.7 Å². The summed E-state index contributed by atoms with van der Waals surface area (Å²) < 4.78 is 12.5. The topological polar surface area (TPSA) is 69.6 Å². The van der Waals surface area contributed by atoms with Crippen LogP contribution in [0.3, 0.4) is 0 Å². The number of nitrogens with zero attached hydrogens (tertiary/aromatic N) is 1. The van der Waals surface area contributed by atoms with Gasteiger partial charge in [-0.15, -0.1) is 0 Å². The van der Waals surface area contributed by atoms with Crippen molar-refractivity contribution < 1.29 is 14.3 Å². The van der Waals surface area contributed by atoms with Gasteiger partial charge in [0.1, 0.15) is 11.3 Å². The minimum Gasteiger partial charge on any atom is -0.444 e. The van der Waals surface area contributed by atoms with Crippen LogP contribution in [0, 0.1) is 0 Å². The summed E-state index contributed by atoms with van der Waals surface area (Å²) in [6.45, 7) is 7.45. The van der Waals surface area contributed by atoms with Crippen LogP contribution in [-0.4, -0.2) is 29.0 Å². The molecule has 1 aliphatic rings. The predicted molar refractivity (Wildman–Crippen MR) is 93.5 cm³/mol. The van der Waals surface area contributed by atoms with E-state index in [2.05, 4.69) is 12.2 Å². The van der Waals surface area contributed by atoms with Gasteiger partial charge in [0.05, 0.1) is 5.60 Å². The van der Waals surface area contributed by atoms with E-state index in [1.54, 1.807) is 50.8 Å². The molecule has 6 nitrogen and oxygen atoms in total. The third-order valence-corrected chi connectivity index (χ3v) is 4.51. The lowest BCUT2D eigenvalue weighted by Gasteiger charge is -2.36. The fraction of sp³-hybridized carbons (Fsp3) is 0.667. The minimum absolute atomic E-state index is 0.105. The van der Waals surface area contributed by atoms with Crippen molar-refractivity contribution in [1.29, 1.82) is 0 Å². The number of pyridine rings is 1. The smallest absolute Gasteiger partial charge is 0.412 e. The summed E-state index contributed by atoms with van der Waals surface area (Å²) in [5, 5.41) is 2.55. The van der Waals surface area contributed by atoms with Gasteiger partial charge in [-0.3, -0.25) is 10.1 Å². The quantitative estimate of drug-likeness (QED) is 0.913. The molecule has 1 heterocycles. The summed E-state index contributed by atoms with van der Waals surface area (Å²) >= 11 is 0. The number of hydrogen-bond donors (Lipinski definition) is 1. The second-order valence-corrected chi connectivity index (χ2v) is 7.65. The van der Waals surface area contributed by atoms with Crippen LogP contribution in [0.5, 0.6) is 0 Å². The van der Waals surface area contributed by atoms with Gasteiger partial charge < -0.3 is 14.0 Å². The maximum atomic E-state index is 12.7. The van der Waals surface area contributed by atoms with Gasteiger partial charge in [-0.2, -0.15) is 0 Å². The highest BCUT2D eigenvalue weighted by atomic mass is 16.6. The molecule has 0 aromatic carbocycles. The van der Waals surface area contributed by atoms with Crippen LogP contribution in [-0.2, 0) is 9.47 Å². The maximum Gasteiger partial charge on any atom is 0.412 e. The number of anilines is 1. The number of amides is 1. The first kappa shape index (κ1) is 18.5. The standard InChI is InChI=1S/C18H28N2O4/c1-17(2,3)24-16(22)19-14-7-6-12-20(15(14)21)13-8-10-18(4,23-5)11-9-13/h6-7,12-13H,8-11H2,1-5H3,(H,19,22)/t13-,18-. The molecule has 1 aliphatic carbocycles. The summed E-state index contributed by atoms with van der Waals surface area (Å²) in [4.78, 5) is 24.6. The van der Waals surface area contributed by atoms with E-state index >= 15 is 0 Å². The lowest BCUT2D eigenvalue weighted by Crippen LogP contribution is -2.37. The molecule has 1 N–H and O–H groups in total. The Bertz CT molecular complexity index is 637. The molecule has 1 amide bonds. The van der Waals surface area contributed by atoms with E-state index in [1.165, 1.54) is 0 Å². The SMILES string of the molecule is CO[C@]1(C)CC[C@@H](n2cccc(NC(=O)OC(C)(C)C)c2=O)CC1. The van der Waals surface area contributed by atoms with Crippen molar-refractivity contribution in [2.24, 2.45) is 0 Å². The number of nitrogens with one attached hydrogen (secondary N) is 1. The Morgan fingerprint density at radius 1 is 1.33 bits per heavy atom. The van der Waals surface area contributed by atoms with Crippen molar-refractivity contribution in [2.45, 2.75) is 70.6 Å². The summed E-state index contributed by atoms with van der Waals surface area (Å²) in [7, 11) is 1.73. The van der Waals surface area contributed by atoms with Crippen LogP contribution in [0.15, 0.2) is 23.1 Å². The maximum absolute atomic E-state index is 12.7. The Balaban J connectivity index is 2.11. The van der Waals surface area contributed by atoms with Gasteiger partial charge in [0.2, 0.25) is 0 Å². The van der Waals surface area contributed by atoms with Crippen molar-refractivity contribution in [2.75, 3.05) is 12.4 Å². The number of rotatable bonds is 3. The number of methoxy groups -OCH3 is 1. The van der Waals surface area contributed by atoms with Crippen LogP contribution in [0.2, 0.25) is 0 Å². The van der Waals surface area contributed by atoms with E-state index in [0.29, 0.717) is 0 Å². The zero-order chi connectivity index (χ0) is 18.0. The van der Waals surface area contributed by atoms with Gasteiger partial charge in [0.15, 0.2) is 0 Å². The van der Waals surface area contributed by atoms with Crippen molar-refractivity contribution >= 4 is 11.8 Å². The lowest BCUT2D eigenvalue weighted by molar-refractivity contribution is -0.0324. The fourth-order valence-electron chi connectivity index (χ4n) is 3.00. The molecule has 1 aromatic rings. The second-order valence-electron chi connectivity index (χ2n) is 7.65. The number of carbonyl (C=O) groups excluding carboxylic acids is 1. The first-order valence-corrected chi connectivity index (χ1v) is 8.40. The number of carbonyl (C=O) groups is 1. The monoisotopic (exact) mass is 336 g/mol. The Labute approximate surface area is 143 Å². The van der Waals surface area contributed by atoms with Gasteiger partial charge >= 0.3 is 6.09 Å². The molecule has 6 heteroatoms. The molecule has 2 rings (SSSR count). The lowest BCUT2D eigenvalue weighted by atomic mass is 9.83. The summed E-state index contributed by atoms with van der Waals surface area (Å²) in [6.07, 6.45) is 4.73. The molecule has 0 spiro atoms. The van der Waals surface area contributed by atoms with Crippen molar-refractivity contribution in [1.82, 2.24) is 4.57 Å². The molecule has 134 valence electrons. The molecule has 0 saturated heterocycles. The Morgan fingerprint density at radius 3 is 2.50 bits per heavy atom. The van der Waals surface area contributed by atoms with Gasteiger partial charge in [-0.25, -0.2) is 4.79 Å². The molecular weight excluding hydrogens is 308 g/mol. The largest absolute Gasteiger partial charge is 0.444 e. The van der Waals surface area contributed by atoms with Crippen LogP contribution in [0.4, 0.5) is 10.5 Å². The van der Waals surface area contributed by atoms with E-state index in [-0.39, 0.29) is 22.9 Å². The van der Waals surface area contributed by atoms with E-state index in [0.717, 1.165) is 25.7 Å². The number of hydrogen-bond acceptors (Lipinski definition) is 4. The first-order valence-electron chi connectivity index (χ1n) is 8.40.